The Morgan fingerprint density at radius 1 is 1.00 bits per heavy atom. The van der Waals surface area contributed by atoms with Crippen molar-refractivity contribution in [2.75, 3.05) is 19.8 Å². The number of amides is 2. The minimum absolute atomic E-state index is 0.0105. The van der Waals surface area contributed by atoms with Gasteiger partial charge in [-0.05, 0) is 28.7 Å². The van der Waals surface area contributed by atoms with Crippen LogP contribution in [-0.4, -0.2) is 49.1 Å². The molecule has 3 rings (SSSR count). The summed E-state index contributed by atoms with van der Waals surface area (Å²) in [4.78, 5) is 35.1. The van der Waals surface area contributed by atoms with E-state index in [0.29, 0.717) is 0 Å². The number of carbonyl (C=O) groups is 3. The fraction of sp³-hybridized carbons (Fsp3) is 0.261. The Bertz CT molecular complexity index is 929. The smallest absolute Gasteiger partial charge is 0.407 e. The Hall–Kier alpha value is -3.81. The number of aliphatic carboxylic acids is 1. The van der Waals surface area contributed by atoms with Gasteiger partial charge in [0.2, 0.25) is 0 Å². The Morgan fingerprint density at radius 3 is 2.19 bits per heavy atom. The van der Waals surface area contributed by atoms with Crippen molar-refractivity contribution in [2.45, 2.75) is 18.4 Å². The van der Waals surface area contributed by atoms with Crippen LogP contribution in [0.2, 0.25) is 0 Å². The molecule has 0 fully saturated rings. The summed E-state index contributed by atoms with van der Waals surface area (Å²) in [7, 11) is 0. The van der Waals surface area contributed by atoms with Gasteiger partial charge in [-0.3, -0.25) is 0 Å². The van der Waals surface area contributed by atoms with E-state index in [1.54, 1.807) is 0 Å². The molecule has 0 spiro atoms. The van der Waals surface area contributed by atoms with Gasteiger partial charge in [-0.1, -0.05) is 61.2 Å². The van der Waals surface area contributed by atoms with Gasteiger partial charge >= 0.3 is 18.2 Å². The predicted octanol–water partition coefficient (Wildman–Crippen LogP) is 3.28. The molecule has 0 aliphatic heterocycles. The van der Waals surface area contributed by atoms with E-state index in [9.17, 15) is 19.5 Å². The van der Waals surface area contributed by atoms with Crippen molar-refractivity contribution in [2.24, 2.45) is 0 Å². The van der Waals surface area contributed by atoms with Crippen LogP contribution >= 0.6 is 0 Å². The number of benzene rings is 2. The number of hydrogen-bond acceptors (Lipinski definition) is 5. The molecule has 2 aromatic rings. The van der Waals surface area contributed by atoms with Crippen molar-refractivity contribution in [1.29, 1.82) is 0 Å². The van der Waals surface area contributed by atoms with E-state index in [1.807, 2.05) is 48.5 Å². The van der Waals surface area contributed by atoms with Crippen molar-refractivity contribution in [1.82, 2.24) is 10.6 Å². The molecule has 0 heterocycles. The molecule has 31 heavy (non-hydrogen) atoms. The summed E-state index contributed by atoms with van der Waals surface area (Å²) in [6.07, 6.45) is -0.130. The fourth-order valence-corrected chi connectivity index (χ4v) is 3.54. The second-order valence-electron chi connectivity index (χ2n) is 6.96. The maximum atomic E-state index is 12.3. The van der Waals surface area contributed by atoms with Crippen molar-refractivity contribution < 1.29 is 29.0 Å². The van der Waals surface area contributed by atoms with Crippen LogP contribution in [0, 0.1) is 0 Å². The van der Waals surface area contributed by atoms with Gasteiger partial charge in [0.15, 0.2) is 0 Å². The zero-order chi connectivity index (χ0) is 22.2. The Kier molecular flexibility index (Phi) is 7.26. The van der Waals surface area contributed by atoms with Gasteiger partial charge in [-0.2, -0.15) is 0 Å². The van der Waals surface area contributed by atoms with E-state index >= 15 is 0 Å². The van der Waals surface area contributed by atoms with Crippen molar-refractivity contribution >= 4 is 18.2 Å². The van der Waals surface area contributed by atoms with Crippen LogP contribution in [-0.2, 0) is 14.3 Å². The van der Waals surface area contributed by atoms with E-state index in [2.05, 4.69) is 17.2 Å². The highest BCUT2D eigenvalue weighted by Gasteiger charge is 2.29. The topological polar surface area (TPSA) is 114 Å². The molecule has 8 nitrogen and oxygen atoms in total. The van der Waals surface area contributed by atoms with E-state index in [0.717, 1.165) is 22.3 Å². The summed E-state index contributed by atoms with van der Waals surface area (Å²) in [6, 6.07) is 14.6. The monoisotopic (exact) mass is 424 g/mol. The summed E-state index contributed by atoms with van der Waals surface area (Å²) in [5.74, 6) is -1.35. The van der Waals surface area contributed by atoms with Crippen LogP contribution in [0.5, 0.6) is 0 Å². The summed E-state index contributed by atoms with van der Waals surface area (Å²) in [5.41, 5.74) is 4.33. The normalized spacial score (nSPS) is 12.8. The van der Waals surface area contributed by atoms with Gasteiger partial charge in [-0.25, -0.2) is 14.4 Å². The number of rotatable bonds is 9. The standard InChI is InChI=1S/C23H24N2O6/c1-2-13-30-22(28)24-12-11-20(21(26)27)25-23(29)31-14-19-17-9-5-3-7-15(17)16-8-4-6-10-18(16)19/h2-10,19-20H,1,11-14H2,(H,24,28)(H,25,29)(H,26,27)/t20-/m0/s1. The summed E-state index contributed by atoms with van der Waals surface area (Å²) in [6.45, 7) is 3.56. The molecule has 162 valence electrons. The molecular weight excluding hydrogens is 400 g/mol. The number of nitrogens with one attached hydrogen (secondary N) is 2. The van der Waals surface area contributed by atoms with E-state index in [1.165, 1.54) is 6.08 Å². The minimum atomic E-state index is -1.23. The lowest BCUT2D eigenvalue weighted by Crippen LogP contribution is -2.43. The van der Waals surface area contributed by atoms with Crippen LogP contribution in [0.1, 0.15) is 23.5 Å². The van der Waals surface area contributed by atoms with Crippen LogP contribution in [0.25, 0.3) is 11.1 Å². The molecule has 2 amide bonds. The first-order valence-corrected chi connectivity index (χ1v) is 9.87. The number of fused-ring (bicyclic) bond motifs is 3. The largest absolute Gasteiger partial charge is 0.480 e. The molecule has 1 atom stereocenters. The Morgan fingerprint density at radius 2 is 1.61 bits per heavy atom. The third-order valence-corrected chi connectivity index (χ3v) is 4.97. The number of ether oxygens (including phenoxy) is 2. The molecule has 0 bridgehead atoms. The zero-order valence-corrected chi connectivity index (χ0v) is 16.9. The minimum Gasteiger partial charge on any atom is -0.480 e. The average Bonchev–Trinajstić information content (AvgIpc) is 3.09. The van der Waals surface area contributed by atoms with Crippen molar-refractivity contribution in [3.05, 3.63) is 72.3 Å². The number of hydrogen-bond donors (Lipinski definition) is 3. The zero-order valence-electron chi connectivity index (χ0n) is 16.9. The predicted molar refractivity (Wildman–Crippen MR) is 114 cm³/mol. The molecule has 1 aliphatic rings. The molecule has 8 heteroatoms. The summed E-state index contributed by atoms with van der Waals surface area (Å²) >= 11 is 0. The summed E-state index contributed by atoms with van der Waals surface area (Å²) < 4.78 is 10.1. The van der Waals surface area contributed by atoms with Gasteiger partial charge in [0.05, 0.1) is 0 Å². The van der Waals surface area contributed by atoms with Crippen molar-refractivity contribution in [3.63, 3.8) is 0 Å². The van der Waals surface area contributed by atoms with Crippen molar-refractivity contribution in [3.8, 4) is 11.1 Å². The van der Waals surface area contributed by atoms with E-state index in [-0.39, 0.29) is 32.1 Å². The lowest BCUT2D eigenvalue weighted by molar-refractivity contribution is -0.139. The third-order valence-electron chi connectivity index (χ3n) is 4.97. The molecule has 3 N–H and O–H groups in total. The highest BCUT2D eigenvalue weighted by Crippen LogP contribution is 2.44. The van der Waals surface area contributed by atoms with Gasteiger partial charge in [-0.15, -0.1) is 0 Å². The number of carboxylic acids is 1. The Labute approximate surface area is 179 Å². The lowest BCUT2D eigenvalue weighted by Gasteiger charge is -2.17. The first-order valence-electron chi connectivity index (χ1n) is 9.87. The third kappa shape index (κ3) is 5.42. The molecule has 0 saturated heterocycles. The van der Waals surface area contributed by atoms with E-state index < -0.39 is 24.2 Å². The van der Waals surface area contributed by atoms with Gasteiger partial charge in [0.1, 0.15) is 19.3 Å². The average molecular weight is 424 g/mol. The number of carboxylic acid groups (broad SMARTS) is 1. The first kappa shape index (κ1) is 21.9. The molecule has 0 unspecified atom stereocenters. The fourth-order valence-electron chi connectivity index (χ4n) is 3.54. The maximum absolute atomic E-state index is 12.3. The Balaban J connectivity index is 1.54. The SMILES string of the molecule is C=CCOC(=O)NCC[C@H](NC(=O)OCC1c2ccccc2-c2ccccc21)C(=O)O. The van der Waals surface area contributed by atoms with Gasteiger partial charge < -0.3 is 25.2 Å². The van der Waals surface area contributed by atoms with Crippen LogP contribution < -0.4 is 10.6 Å². The molecule has 2 aromatic carbocycles. The highest BCUT2D eigenvalue weighted by atomic mass is 16.6. The number of carbonyl (C=O) groups excluding carboxylic acids is 2. The van der Waals surface area contributed by atoms with E-state index in [4.69, 9.17) is 9.47 Å². The summed E-state index contributed by atoms with van der Waals surface area (Å²) in [5, 5.41) is 14.1. The lowest BCUT2D eigenvalue weighted by atomic mass is 9.98. The molecule has 1 aliphatic carbocycles. The molecule has 0 aromatic heterocycles. The molecule has 0 saturated carbocycles. The quantitative estimate of drug-likeness (QED) is 0.533. The maximum Gasteiger partial charge on any atom is 0.407 e. The van der Waals surface area contributed by atoms with Crippen LogP contribution in [0.15, 0.2) is 61.2 Å². The number of alkyl carbamates (subject to hydrolysis) is 2. The van der Waals surface area contributed by atoms with Gasteiger partial charge in [0, 0.05) is 12.5 Å². The first-order chi connectivity index (χ1) is 15.0. The van der Waals surface area contributed by atoms with Crippen LogP contribution in [0.4, 0.5) is 9.59 Å². The second-order valence-corrected chi connectivity index (χ2v) is 6.96. The highest BCUT2D eigenvalue weighted by molar-refractivity contribution is 5.81. The molecule has 0 radical (unpaired) electrons. The van der Waals surface area contributed by atoms with Gasteiger partial charge in [0.25, 0.3) is 0 Å². The molecular formula is C23H24N2O6. The van der Waals surface area contributed by atoms with Crippen LogP contribution in [0.3, 0.4) is 0 Å². The second kappa shape index (κ2) is 10.3.